The van der Waals surface area contributed by atoms with E-state index in [2.05, 4.69) is 15.9 Å². The highest BCUT2D eigenvalue weighted by molar-refractivity contribution is 9.10. The van der Waals surface area contributed by atoms with Crippen molar-refractivity contribution in [1.29, 1.82) is 0 Å². The van der Waals surface area contributed by atoms with Crippen molar-refractivity contribution >= 4 is 15.9 Å². The summed E-state index contributed by atoms with van der Waals surface area (Å²) >= 11 is 3.41. The van der Waals surface area contributed by atoms with Gasteiger partial charge in [0.25, 0.3) is 0 Å². The SMILES string of the molecule is NCCc1cccc(Br)c1OCc1cc(F)cc(F)c1. The molecule has 2 aromatic carbocycles. The lowest BCUT2D eigenvalue weighted by molar-refractivity contribution is 0.299. The van der Waals surface area contributed by atoms with Crippen molar-refractivity contribution in [2.45, 2.75) is 13.0 Å². The molecule has 0 atom stereocenters. The van der Waals surface area contributed by atoms with Crippen molar-refractivity contribution in [2.75, 3.05) is 6.54 Å². The summed E-state index contributed by atoms with van der Waals surface area (Å²) in [5, 5.41) is 0. The van der Waals surface area contributed by atoms with Crippen LogP contribution in [0.2, 0.25) is 0 Å². The maximum atomic E-state index is 13.1. The predicted molar refractivity (Wildman–Crippen MR) is 77.6 cm³/mol. The van der Waals surface area contributed by atoms with E-state index in [0.717, 1.165) is 16.1 Å². The first-order chi connectivity index (χ1) is 9.60. The van der Waals surface area contributed by atoms with Crippen LogP contribution in [-0.4, -0.2) is 6.54 Å². The summed E-state index contributed by atoms with van der Waals surface area (Å²) in [5.74, 6) is -0.571. The van der Waals surface area contributed by atoms with Crippen LogP contribution >= 0.6 is 15.9 Å². The van der Waals surface area contributed by atoms with Crippen LogP contribution in [0.15, 0.2) is 40.9 Å². The number of benzene rings is 2. The van der Waals surface area contributed by atoms with Crippen LogP contribution in [0.3, 0.4) is 0 Å². The summed E-state index contributed by atoms with van der Waals surface area (Å²) in [5.41, 5.74) is 6.96. The Labute approximate surface area is 124 Å². The van der Waals surface area contributed by atoms with Gasteiger partial charge in [-0.3, -0.25) is 0 Å². The van der Waals surface area contributed by atoms with Crippen molar-refractivity contribution in [1.82, 2.24) is 0 Å². The lowest BCUT2D eigenvalue weighted by Crippen LogP contribution is -2.06. The molecule has 106 valence electrons. The molecule has 0 spiro atoms. The zero-order valence-corrected chi connectivity index (χ0v) is 12.3. The van der Waals surface area contributed by atoms with Crippen LogP contribution in [0.4, 0.5) is 8.78 Å². The maximum absolute atomic E-state index is 13.1. The van der Waals surface area contributed by atoms with Crippen LogP contribution < -0.4 is 10.5 Å². The van der Waals surface area contributed by atoms with Gasteiger partial charge < -0.3 is 10.5 Å². The molecule has 0 radical (unpaired) electrons. The number of halogens is 3. The first-order valence-corrected chi connectivity index (χ1v) is 6.94. The molecular formula is C15H14BrF2NO. The molecular weight excluding hydrogens is 328 g/mol. The summed E-state index contributed by atoms with van der Waals surface area (Å²) in [6.07, 6.45) is 0.673. The van der Waals surface area contributed by atoms with Gasteiger partial charge in [-0.2, -0.15) is 0 Å². The Bertz CT molecular complexity index is 584. The minimum atomic E-state index is -0.613. The van der Waals surface area contributed by atoms with Crippen LogP contribution in [0.5, 0.6) is 5.75 Å². The molecule has 0 unspecified atom stereocenters. The average Bonchev–Trinajstić information content (AvgIpc) is 2.37. The van der Waals surface area contributed by atoms with Crippen molar-refractivity contribution in [3.63, 3.8) is 0 Å². The van der Waals surface area contributed by atoms with Crippen LogP contribution in [-0.2, 0) is 13.0 Å². The van der Waals surface area contributed by atoms with Gasteiger partial charge in [0.1, 0.15) is 24.0 Å². The number of rotatable bonds is 5. The fourth-order valence-corrected chi connectivity index (χ4v) is 2.44. The Balaban J connectivity index is 2.18. The third-order valence-electron chi connectivity index (χ3n) is 2.77. The molecule has 2 nitrogen and oxygen atoms in total. The van der Waals surface area contributed by atoms with Crippen molar-refractivity contribution in [3.05, 3.63) is 63.6 Å². The largest absolute Gasteiger partial charge is 0.487 e. The summed E-state index contributed by atoms with van der Waals surface area (Å²) in [6, 6.07) is 9.00. The molecule has 0 saturated heterocycles. The second-order valence-corrected chi connectivity index (χ2v) is 5.19. The Morgan fingerprint density at radius 3 is 2.45 bits per heavy atom. The topological polar surface area (TPSA) is 35.2 Å². The smallest absolute Gasteiger partial charge is 0.137 e. The fraction of sp³-hybridized carbons (Fsp3) is 0.200. The molecule has 0 saturated carbocycles. The zero-order valence-electron chi connectivity index (χ0n) is 10.7. The van der Waals surface area contributed by atoms with Crippen LogP contribution in [0.1, 0.15) is 11.1 Å². The minimum absolute atomic E-state index is 0.0921. The van der Waals surface area contributed by atoms with Gasteiger partial charge in [-0.25, -0.2) is 8.78 Å². The second kappa shape index (κ2) is 6.81. The molecule has 0 fully saturated rings. The number of nitrogens with two attached hydrogens (primary N) is 1. The monoisotopic (exact) mass is 341 g/mol. The highest BCUT2D eigenvalue weighted by atomic mass is 79.9. The summed E-state index contributed by atoms with van der Waals surface area (Å²) < 4.78 is 32.7. The maximum Gasteiger partial charge on any atom is 0.137 e. The number of para-hydroxylation sites is 1. The Morgan fingerprint density at radius 1 is 1.10 bits per heavy atom. The molecule has 0 aliphatic carbocycles. The van der Waals surface area contributed by atoms with E-state index in [1.165, 1.54) is 12.1 Å². The van der Waals surface area contributed by atoms with E-state index < -0.39 is 11.6 Å². The van der Waals surface area contributed by atoms with Gasteiger partial charge in [-0.05, 0) is 58.2 Å². The lowest BCUT2D eigenvalue weighted by atomic mass is 10.1. The van der Waals surface area contributed by atoms with E-state index in [1.807, 2.05) is 18.2 Å². The van der Waals surface area contributed by atoms with Gasteiger partial charge in [0.2, 0.25) is 0 Å². The van der Waals surface area contributed by atoms with Gasteiger partial charge in [-0.1, -0.05) is 12.1 Å². The Hall–Kier alpha value is -1.46. The van der Waals surface area contributed by atoms with Gasteiger partial charge >= 0.3 is 0 Å². The molecule has 0 aliphatic rings. The Kier molecular flexibility index (Phi) is 5.09. The molecule has 0 heterocycles. The molecule has 0 bridgehead atoms. The van der Waals surface area contributed by atoms with Gasteiger partial charge in [0, 0.05) is 6.07 Å². The summed E-state index contributed by atoms with van der Waals surface area (Å²) in [7, 11) is 0. The fourth-order valence-electron chi connectivity index (χ4n) is 1.92. The molecule has 0 aliphatic heterocycles. The van der Waals surface area contributed by atoms with Gasteiger partial charge in [0.15, 0.2) is 0 Å². The van der Waals surface area contributed by atoms with E-state index in [4.69, 9.17) is 10.5 Å². The normalized spacial score (nSPS) is 10.6. The van der Waals surface area contributed by atoms with Crippen molar-refractivity contribution < 1.29 is 13.5 Å². The van der Waals surface area contributed by atoms with E-state index >= 15 is 0 Å². The molecule has 0 aromatic heterocycles. The quantitative estimate of drug-likeness (QED) is 0.897. The van der Waals surface area contributed by atoms with Crippen LogP contribution in [0, 0.1) is 11.6 Å². The third kappa shape index (κ3) is 3.77. The first-order valence-electron chi connectivity index (χ1n) is 6.15. The van der Waals surface area contributed by atoms with E-state index in [9.17, 15) is 8.78 Å². The highest BCUT2D eigenvalue weighted by Gasteiger charge is 2.09. The zero-order chi connectivity index (χ0) is 14.5. The predicted octanol–water partition coefficient (Wildman–Crippen LogP) is 3.81. The average molecular weight is 342 g/mol. The van der Waals surface area contributed by atoms with E-state index in [1.54, 1.807) is 0 Å². The molecule has 5 heteroatoms. The number of hydrogen-bond donors (Lipinski definition) is 1. The van der Waals surface area contributed by atoms with E-state index in [-0.39, 0.29) is 6.61 Å². The molecule has 20 heavy (non-hydrogen) atoms. The number of ether oxygens (including phenoxy) is 1. The second-order valence-electron chi connectivity index (χ2n) is 4.33. The van der Waals surface area contributed by atoms with Crippen molar-refractivity contribution in [2.24, 2.45) is 5.73 Å². The molecule has 0 amide bonds. The highest BCUT2D eigenvalue weighted by Crippen LogP contribution is 2.30. The summed E-state index contributed by atoms with van der Waals surface area (Å²) in [6.45, 7) is 0.594. The van der Waals surface area contributed by atoms with Gasteiger partial charge in [-0.15, -0.1) is 0 Å². The van der Waals surface area contributed by atoms with Crippen molar-refractivity contribution in [3.8, 4) is 5.75 Å². The lowest BCUT2D eigenvalue weighted by Gasteiger charge is -2.13. The van der Waals surface area contributed by atoms with E-state index in [0.29, 0.717) is 24.3 Å². The minimum Gasteiger partial charge on any atom is -0.487 e. The van der Waals surface area contributed by atoms with Crippen LogP contribution in [0.25, 0.3) is 0 Å². The third-order valence-corrected chi connectivity index (χ3v) is 3.39. The standard InChI is InChI=1S/C15H14BrF2NO/c16-14-3-1-2-11(4-5-19)15(14)20-9-10-6-12(17)8-13(18)7-10/h1-3,6-8H,4-5,9,19H2. The van der Waals surface area contributed by atoms with Gasteiger partial charge in [0.05, 0.1) is 4.47 Å². The molecule has 2 aromatic rings. The molecule has 2 rings (SSSR count). The summed E-state index contributed by atoms with van der Waals surface area (Å²) in [4.78, 5) is 0. The Morgan fingerprint density at radius 2 is 1.80 bits per heavy atom. The molecule has 2 N–H and O–H groups in total. The first kappa shape index (κ1) is 14.9. The number of hydrogen-bond acceptors (Lipinski definition) is 2.